The van der Waals surface area contributed by atoms with Crippen molar-refractivity contribution in [1.82, 2.24) is 9.21 Å². The summed E-state index contributed by atoms with van der Waals surface area (Å²) in [6.45, 7) is 3.65. The van der Waals surface area contributed by atoms with Crippen LogP contribution in [0.25, 0.3) is 0 Å². The summed E-state index contributed by atoms with van der Waals surface area (Å²) in [5.74, 6) is 0. The lowest BCUT2D eigenvalue weighted by molar-refractivity contribution is 0.182. The molecule has 0 unspecified atom stereocenters. The number of hydrogen-bond acceptors (Lipinski definition) is 3. The minimum Gasteiger partial charge on any atom is -0.296 e. The Labute approximate surface area is 117 Å². The van der Waals surface area contributed by atoms with E-state index in [0.717, 1.165) is 19.6 Å². The molecule has 0 saturated carbocycles. The first kappa shape index (κ1) is 14.0. The highest BCUT2D eigenvalue weighted by atomic mass is 79.9. The maximum atomic E-state index is 11.7. The summed E-state index contributed by atoms with van der Waals surface area (Å²) < 4.78 is 24.9. The van der Waals surface area contributed by atoms with E-state index in [4.69, 9.17) is 0 Å². The molecule has 1 aliphatic heterocycles. The second-order valence-corrected chi connectivity index (χ2v) is 7.65. The van der Waals surface area contributed by atoms with E-state index < -0.39 is 10.0 Å². The highest BCUT2D eigenvalue weighted by Gasteiger charge is 2.25. The Bertz CT molecular complexity index is 470. The average Bonchev–Trinajstić information content (AvgIpc) is 2.40. The van der Waals surface area contributed by atoms with Gasteiger partial charge in [0.1, 0.15) is 4.66 Å². The van der Waals surface area contributed by atoms with Gasteiger partial charge < -0.3 is 0 Å². The number of nitrogens with zero attached hydrogens (tertiary/aromatic N) is 2. The number of benzene rings is 1. The monoisotopic (exact) mass is 332 g/mol. The highest BCUT2D eigenvalue weighted by Crippen LogP contribution is 2.12. The fraction of sp³-hybridized carbons (Fsp3) is 0.500. The summed E-state index contributed by atoms with van der Waals surface area (Å²) in [5, 5.41) is 0. The van der Waals surface area contributed by atoms with Crippen LogP contribution in [0.3, 0.4) is 0 Å². The molecular weight excluding hydrogens is 316 g/mol. The van der Waals surface area contributed by atoms with Crippen LogP contribution in [-0.2, 0) is 16.6 Å². The smallest absolute Gasteiger partial charge is 0.224 e. The summed E-state index contributed by atoms with van der Waals surface area (Å²) in [5.41, 5.74) is 1.27. The molecule has 4 nitrogen and oxygen atoms in total. The van der Waals surface area contributed by atoms with Crippen molar-refractivity contribution in [1.29, 1.82) is 0 Å². The van der Waals surface area contributed by atoms with Gasteiger partial charge in [-0.15, -0.1) is 0 Å². The number of hydrogen-bond donors (Lipinski definition) is 0. The summed E-state index contributed by atoms with van der Waals surface area (Å²) in [6, 6.07) is 10.3. The molecule has 1 saturated heterocycles. The van der Waals surface area contributed by atoms with Crippen LogP contribution < -0.4 is 0 Å². The van der Waals surface area contributed by atoms with Crippen LogP contribution >= 0.6 is 15.9 Å². The van der Waals surface area contributed by atoms with Crippen LogP contribution in [0.4, 0.5) is 0 Å². The quantitative estimate of drug-likeness (QED) is 0.784. The van der Waals surface area contributed by atoms with Crippen LogP contribution in [0.1, 0.15) is 5.56 Å². The largest absolute Gasteiger partial charge is 0.296 e. The van der Waals surface area contributed by atoms with Crippen molar-refractivity contribution < 1.29 is 8.42 Å². The van der Waals surface area contributed by atoms with Crippen molar-refractivity contribution in [3.05, 3.63) is 35.9 Å². The fourth-order valence-corrected chi connectivity index (χ4v) is 3.80. The van der Waals surface area contributed by atoms with E-state index in [1.165, 1.54) is 5.56 Å². The predicted molar refractivity (Wildman–Crippen MR) is 76.0 cm³/mol. The van der Waals surface area contributed by atoms with Gasteiger partial charge in [-0.25, -0.2) is 8.42 Å². The normalized spacial score (nSPS) is 18.9. The van der Waals surface area contributed by atoms with Gasteiger partial charge in [-0.1, -0.05) is 46.3 Å². The molecule has 1 fully saturated rings. The van der Waals surface area contributed by atoms with Gasteiger partial charge in [-0.05, 0) is 5.56 Å². The van der Waals surface area contributed by atoms with Crippen molar-refractivity contribution in [3.63, 3.8) is 0 Å². The minimum atomic E-state index is -3.09. The molecule has 2 rings (SSSR count). The zero-order valence-corrected chi connectivity index (χ0v) is 12.5. The topological polar surface area (TPSA) is 40.6 Å². The molecule has 0 radical (unpaired) electrons. The molecule has 0 aromatic heterocycles. The lowest BCUT2D eigenvalue weighted by Crippen LogP contribution is -2.48. The molecule has 1 aromatic rings. The molecule has 0 atom stereocenters. The zero-order valence-electron chi connectivity index (χ0n) is 10.1. The second kappa shape index (κ2) is 6.14. The maximum absolute atomic E-state index is 11.7. The Morgan fingerprint density at radius 3 is 2.22 bits per heavy atom. The molecule has 100 valence electrons. The number of piperazine rings is 1. The molecular formula is C12H17BrN2O2S. The van der Waals surface area contributed by atoms with E-state index in [9.17, 15) is 8.42 Å². The van der Waals surface area contributed by atoms with Gasteiger partial charge in [0.15, 0.2) is 0 Å². The molecule has 0 bridgehead atoms. The highest BCUT2D eigenvalue weighted by molar-refractivity contribution is 9.10. The van der Waals surface area contributed by atoms with Crippen LogP contribution in [0.2, 0.25) is 0 Å². The average molecular weight is 333 g/mol. The summed E-state index contributed by atoms with van der Waals surface area (Å²) in [6.07, 6.45) is 0. The first-order valence-electron chi connectivity index (χ1n) is 5.92. The van der Waals surface area contributed by atoms with Crippen LogP contribution in [0, 0.1) is 0 Å². The number of alkyl halides is 1. The minimum absolute atomic E-state index is 0.0126. The Kier molecular flexibility index (Phi) is 4.77. The first-order chi connectivity index (χ1) is 8.62. The van der Waals surface area contributed by atoms with E-state index in [1.807, 2.05) is 18.2 Å². The summed E-state index contributed by atoms with van der Waals surface area (Å²) in [7, 11) is -3.09. The Morgan fingerprint density at radius 1 is 1.06 bits per heavy atom. The Hall–Kier alpha value is -0.430. The number of rotatable bonds is 4. The van der Waals surface area contributed by atoms with Crippen molar-refractivity contribution in [2.75, 3.05) is 30.8 Å². The van der Waals surface area contributed by atoms with Crippen molar-refractivity contribution >= 4 is 26.0 Å². The zero-order chi connectivity index (χ0) is 13.0. The number of halogens is 1. The van der Waals surface area contributed by atoms with Crippen molar-refractivity contribution in [3.8, 4) is 0 Å². The molecule has 1 aliphatic rings. The van der Waals surface area contributed by atoms with E-state index >= 15 is 0 Å². The summed E-state index contributed by atoms with van der Waals surface area (Å²) >= 11 is 3.03. The van der Waals surface area contributed by atoms with Gasteiger partial charge in [0.2, 0.25) is 10.0 Å². The number of sulfonamides is 1. The molecule has 6 heteroatoms. The Balaban J connectivity index is 1.88. The molecule has 0 N–H and O–H groups in total. The third kappa shape index (κ3) is 3.54. The standard InChI is InChI=1S/C12H17BrN2O2S/c13-11-18(16,17)15-8-6-14(7-9-15)10-12-4-2-1-3-5-12/h1-5H,6-11H2. The third-order valence-electron chi connectivity index (χ3n) is 3.11. The predicted octanol–water partition coefficient (Wildman–Crippen LogP) is 1.49. The van der Waals surface area contributed by atoms with Gasteiger partial charge in [0.05, 0.1) is 0 Å². The van der Waals surface area contributed by atoms with Gasteiger partial charge in [-0.2, -0.15) is 4.31 Å². The van der Waals surface area contributed by atoms with Crippen LogP contribution in [-0.4, -0.2) is 48.5 Å². The molecule has 0 amide bonds. The van der Waals surface area contributed by atoms with Crippen molar-refractivity contribution in [2.24, 2.45) is 0 Å². The molecule has 1 aromatic carbocycles. The van der Waals surface area contributed by atoms with E-state index in [1.54, 1.807) is 4.31 Å². The Morgan fingerprint density at radius 2 is 1.67 bits per heavy atom. The van der Waals surface area contributed by atoms with Gasteiger partial charge >= 0.3 is 0 Å². The second-order valence-electron chi connectivity index (χ2n) is 4.38. The fourth-order valence-electron chi connectivity index (χ4n) is 2.08. The van der Waals surface area contributed by atoms with Crippen LogP contribution in [0.5, 0.6) is 0 Å². The lowest BCUT2D eigenvalue weighted by Gasteiger charge is -2.33. The van der Waals surface area contributed by atoms with Gasteiger partial charge in [-0.3, -0.25) is 4.90 Å². The molecule has 0 spiro atoms. The molecule has 1 heterocycles. The van der Waals surface area contributed by atoms with Gasteiger partial charge in [0, 0.05) is 32.7 Å². The molecule has 18 heavy (non-hydrogen) atoms. The first-order valence-corrected chi connectivity index (χ1v) is 8.65. The SMILES string of the molecule is O=S(=O)(CBr)N1CCN(Cc2ccccc2)CC1. The van der Waals surface area contributed by atoms with Gasteiger partial charge in [0.25, 0.3) is 0 Å². The third-order valence-corrected chi connectivity index (χ3v) is 6.27. The maximum Gasteiger partial charge on any atom is 0.224 e. The van der Waals surface area contributed by atoms with Crippen molar-refractivity contribution in [2.45, 2.75) is 6.54 Å². The van der Waals surface area contributed by atoms with E-state index in [2.05, 4.69) is 33.0 Å². The van der Waals surface area contributed by atoms with Crippen LogP contribution in [0.15, 0.2) is 30.3 Å². The summed E-state index contributed by atoms with van der Waals surface area (Å²) in [4.78, 5) is 2.29. The molecule has 0 aliphatic carbocycles. The van der Waals surface area contributed by atoms with E-state index in [-0.39, 0.29) is 4.66 Å². The van der Waals surface area contributed by atoms with E-state index in [0.29, 0.717) is 13.1 Å². The lowest BCUT2D eigenvalue weighted by atomic mass is 10.2.